The molecular formula is C11H19N5O2. The standard InChI is InChI=1S/C11H19N5O2/c1-7(10(17)15-11(18)12-3)13-5-9-6-14-16(4)8(9)2/h6-7,13H,5H2,1-4H3,(H2,12,15,17,18). The van der Waals surface area contributed by atoms with Gasteiger partial charge in [0.25, 0.3) is 0 Å². The van der Waals surface area contributed by atoms with Gasteiger partial charge < -0.3 is 10.6 Å². The van der Waals surface area contributed by atoms with Crippen molar-refractivity contribution in [1.29, 1.82) is 0 Å². The Labute approximate surface area is 106 Å². The van der Waals surface area contributed by atoms with Crippen LogP contribution in [-0.4, -0.2) is 34.8 Å². The third kappa shape index (κ3) is 3.56. The molecule has 100 valence electrons. The van der Waals surface area contributed by atoms with Gasteiger partial charge in [-0.3, -0.25) is 14.8 Å². The Kier molecular flexibility index (Phi) is 4.85. The normalized spacial score (nSPS) is 12.0. The highest BCUT2D eigenvalue weighted by Crippen LogP contribution is 2.04. The number of rotatable bonds is 4. The average Bonchev–Trinajstić information content (AvgIpc) is 2.66. The van der Waals surface area contributed by atoms with E-state index in [-0.39, 0.29) is 5.91 Å². The van der Waals surface area contributed by atoms with Crippen molar-refractivity contribution in [3.05, 3.63) is 17.5 Å². The molecule has 1 aromatic rings. The summed E-state index contributed by atoms with van der Waals surface area (Å²) >= 11 is 0. The molecular weight excluding hydrogens is 234 g/mol. The molecule has 0 aliphatic heterocycles. The average molecular weight is 253 g/mol. The number of hydrogen-bond acceptors (Lipinski definition) is 4. The van der Waals surface area contributed by atoms with Gasteiger partial charge in [-0.1, -0.05) is 0 Å². The molecule has 3 amide bonds. The van der Waals surface area contributed by atoms with E-state index in [0.717, 1.165) is 11.3 Å². The predicted molar refractivity (Wildman–Crippen MR) is 66.8 cm³/mol. The molecule has 1 aromatic heterocycles. The van der Waals surface area contributed by atoms with Gasteiger partial charge in [-0.25, -0.2) is 4.79 Å². The molecule has 0 saturated heterocycles. The Morgan fingerprint density at radius 1 is 1.50 bits per heavy atom. The van der Waals surface area contributed by atoms with Gasteiger partial charge in [0.05, 0.1) is 12.2 Å². The van der Waals surface area contributed by atoms with Crippen molar-refractivity contribution in [3.8, 4) is 0 Å². The van der Waals surface area contributed by atoms with Gasteiger partial charge in [0.1, 0.15) is 0 Å². The Hall–Kier alpha value is -1.89. The minimum Gasteiger partial charge on any atom is -0.341 e. The van der Waals surface area contributed by atoms with Gasteiger partial charge >= 0.3 is 6.03 Å². The van der Waals surface area contributed by atoms with E-state index < -0.39 is 12.1 Å². The lowest BCUT2D eigenvalue weighted by atomic mass is 10.2. The maximum absolute atomic E-state index is 11.6. The quantitative estimate of drug-likeness (QED) is 0.685. The largest absolute Gasteiger partial charge is 0.341 e. The maximum Gasteiger partial charge on any atom is 0.321 e. The number of nitrogens with zero attached hydrogens (tertiary/aromatic N) is 2. The van der Waals surface area contributed by atoms with Crippen LogP contribution in [-0.2, 0) is 18.4 Å². The van der Waals surface area contributed by atoms with Crippen LogP contribution in [0, 0.1) is 6.92 Å². The second-order valence-electron chi connectivity index (χ2n) is 4.05. The molecule has 1 atom stereocenters. The number of amides is 3. The summed E-state index contributed by atoms with van der Waals surface area (Å²) in [5.74, 6) is -0.365. The van der Waals surface area contributed by atoms with Crippen LogP contribution < -0.4 is 16.0 Å². The Bertz CT molecular complexity index is 441. The van der Waals surface area contributed by atoms with Crippen molar-refractivity contribution in [2.45, 2.75) is 26.4 Å². The zero-order valence-corrected chi connectivity index (χ0v) is 11.1. The highest BCUT2D eigenvalue weighted by Gasteiger charge is 2.15. The molecule has 7 nitrogen and oxygen atoms in total. The molecule has 0 saturated carbocycles. The molecule has 1 heterocycles. The molecule has 1 rings (SSSR count). The van der Waals surface area contributed by atoms with E-state index in [1.54, 1.807) is 17.8 Å². The first-order chi connectivity index (χ1) is 8.45. The predicted octanol–water partition coefficient (Wildman–Crippen LogP) is -0.338. The van der Waals surface area contributed by atoms with Crippen LogP contribution >= 0.6 is 0 Å². The van der Waals surface area contributed by atoms with Crippen molar-refractivity contribution in [2.75, 3.05) is 7.05 Å². The van der Waals surface area contributed by atoms with E-state index >= 15 is 0 Å². The molecule has 0 aliphatic carbocycles. The lowest BCUT2D eigenvalue weighted by Crippen LogP contribution is -2.47. The van der Waals surface area contributed by atoms with Crippen molar-refractivity contribution in [3.63, 3.8) is 0 Å². The monoisotopic (exact) mass is 253 g/mol. The summed E-state index contributed by atoms with van der Waals surface area (Å²) in [6.07, 6.45) is 1.76. The number of carbonyl (C=O) groups is 2. The molecule has 0 fully saturated rings. The molecule has 3 N–H and O–H groups in total. The molecule has 0 radical (unpaired) electrons. The highest BCUT2D eigenvalue weighted by atomic mass is 16.2. The smallest absolute Gasteiger partial charge is 0.321 e. The van der Waals surface area contributed by atoms with Crippen LogP contribution in [0.3, 0.4) is 0 Å². The van der Waals surface area contributed by atoms with E-state index in [9.17, 15) is 9.59 Å². The second-order valence-corrected chi connectivity index (χ2v) is 4.05. The van der Waals surface area contributed by atoms with Gasteiger partial charge in [0, 0.05) is 31.9 Å². The summed E-state index contributed by atoms with van der Waals surface area (Å²) < 4.78 is 1.77. The molecule has 0 spiro atoms. The van der Waals surface area contributed by atoms with Crippen LogP contribution in [0.25, 0.3) is 0 Å². The summed E-state index contributed by atoms with van der Waals surface area (Å²) in [6, 6.07) is -0.965. The Morgan fingerprint density at radius 3 is 2.67 bits per heavy atom. The van der Waals surface area contributed by atoms with Crippen LogP contribution in [0.15, 0.2) is 6.20 Å². The van der Waals surface area contributed by atoms with Gasteiger partial charge in [0.2, 0.25) is 5.91 Å². The maximum atomic E-state index is 11.6. The van der Waals surface area contributed by atoms with Crippen molar-refractivity contribution in [2.24, 2.45) is 7.05 Å². The van der Waals surface area contributed by atoms with Crippen molar-refractivity contribution < 1.29 is 9.59 Å². The fourth-order valence-electron chi connectivity index (χ4n) is 1.36. The molecule has 0 bridgehead atoms. The molecule has 0 aromatic carbocycles. The van der Waals surface area contributed by atoms with Gasteiger partial charge in [-0.15, -0.1) is 0 Å². The second kappa shape index (κ2) is 6.15. The van der Waals surface area contributed by atoms with Crippen LogP contribution in [0.2, 0.25) is 0 Å². The summed E-state index contributed by atoms with van der Waals surface area (Å²) in [5.41, 5.74) is 2.07. The summed E-state index contributed by atoms with van der Waals surface area (Å²) in [7, 11) is 3.32. The minimum atomic E-state index is -0.508. The number of hydrogen-bond donors (Lipinski definition) is 3. The topological polar surface area (TPSA) is 88.1 Å². The zero-order chi connectivity index (χ0) is 13.7. The lowest BCUT2D eigenvalue weighted by molar-refractivity contribution is -0.121. The summed E-state index contributed by atoms with van der Waals surface area (Å²) in [4.78, 5) is 22.5. The third-order valence-corrected chi connectivity index (χ3v) is 2.79. The Balaban J connectivity index is 2.46. The van der Waals surface area contributed by atoms with Crippen LogP contribution in [0.4, 0.5) is 4.79 Å². The first-order valence-corrected chi connectivity index (χ1v) is 5.69. The number of nitrogens with one attached hydrogen (secondary N) is 3. The zero-order valence-electron chi connectivity index (χ0n) is 11.1. The molecule has 7 heteroatoms. The third-order valence-electron chi connectivity index (χ3n) is 2.79. The number of carbonyl (C=O) groups excluding carboxylic acids is 2. The molecule has 0 aliphatic rings. The molecule has 18 heavy (non-hydrogen) atoms. The number of imide groups is 1. The number of aryl methyl sites for hydroxylation is 1. The first kappa shape index (κ1) is 14.2. The summed E-state index contributed by atoms with van der Waals surface area (Å²) in [5, 5.41) is 11.7. The van der Waals surface area contributed by atoms with Crippen molar-refractivity contribution in [1.82, 2.24) is 25.7 Å². The summed E-state index contributed by atoms with van der Waals surface area (Å²) in [6.45, 7) is 4.19. The van der Waals surface area contributed by atoms with E-state index in [2.05, 4.69) is 21.0 Å². The molecule has 1 unspecified atom stereocenters. The van der Waals surface area contributed by atoms with E-state index in [0.29, 0.717) is 6.54 Å². The highest BCUT2D eigenvalue weighted by molar-refractivity contribution is 5.96. The number of aromatic nitrogens is 2. The van der Waals surface area contributed by atoms with E-state index in [1.807, 2.05) is 14.0 Å². The fraction of sp³-hybridized carbons (Fsp3) is 0.545. The Morgan fingerprint density at radius 2 is 2.17 bits per heavy atom. The first-order valence-electron chi connectivity index (χ1n) is 5.69. The SMILES string of the molecule is CNC(=O)NC(=O)C(C)NCc1cnn(C)c1C. The van der Waals surface area contributed by atoms with Gasteiger partial charge in [0.15, 0.2) is 0 Å². The fourth-order valence-corrected chi connectivity index (χ4v) is 1.36. The van der Waals surface area contributed by atoms with E-state index in [1.165, 1.54) is 7.05 Å². The van der Waals surface area contributed by atoms with Crippen LogP contribution in [0.1, 0.15) is 18.2 Å². The van der Waals surface area contributed by atoms with Gasteiger partial charge in [-0.2, -0.15) is 5.10 Å². The van der Waals surface area contributed by atoms with Crippen LogP contribution in [0.5, 0.6) is 0 Å². The lowest BCUT2D eigenvalue weighted by Gasteiger charge is -2.12. The van der Waals surface area contributed by atoms with Crippen molar-refractivity contribution >= 4 is 11.9 Å². The minimum absolute atomic E-state index is 0.365. The van der Waals surface area contributed by atoms with E-state index in [4.69, 9.17) is 0 Å². The van der Waals surface area contributed by atoms with Gasteiger partial charge in [-0.05, 0) is 13.8 Å². The number of urea groups is 1.